The molecule has 0 bridgehead atoms. The van der Waals surface area contributed by atoms with Crippen molar-refractivity contribution in [2.24, 2.45) is 5.92 Å². The molecule has 1 aliphatic heterocycles. The number of carbonyl (C=O) groups excluding carboxylic acids is 2. The highest BCUT2D eigenvalue weighted by molar-refractivity contribution is 5.95. The van der Waals surface area contributed by atoms with Gasteiger partial charge in [-0.2, -0.15) is 0 Å². The van der Waals surface area contributed by atoms with Crippen LogP contribution in [0, 0.1) is 11.7 Å². The number of methoxy groups -OCH3 is 2. The number of halogens is 1. The smallest absolute Gasteiger partial charge is 0.252 e. The fourth-order valence-electron chi connectivity index (χ4n) is 3.99. The van der Waals surface area contributed by atoms with Gasteiger partial charge >= 0.3 is 0 Å². The molecule has 8 heteroatoms. The van der Waals surface area contributed by atoms with Gasteiger partial charge in [-0.15, -0.1) is 0 Å². The van der Waals surface area contributed by atoms with Crippen molar-refractivity contribution in [2.75, 3.05) is 65.1 Å². The van der Waals surface area contributed by atoms with Gasteiger partial charge in [0.15, 0.2) is 0 Å². The molecule has 1 aromatic rings. The number of hydrogen-bond donors (Lipinski definition) is 0. The molecule has 0 aliphatic carbocycles. The van der Waals surface area contributed by atoms with Gasteiger partial charge in [0.05, 0.1) is 0 Å². The summed E-state index contributed by atoms with van der Waals surface area (Å²) in [6, 6.07) is 4.38. The Hall–Kier alpha value is -2.03. The molecule has 0 spiro atoms. The minimum atomic E-state index is -0.396. The summed E-state index contributed by atoms with van der Waals surface area (Å²) in [6.07, 6.45) is 1.62. The third-order valence-corrected chi connectivity index (χ3v) is 5.26. The highest BCUT2D eigenvalue weighted by atomic mass is 19.1. The van der Waals surface area contributed by atoms with E-state index in [-0.39, 0.29) is 31.6 Å². The molecular formula is C23H36FN3O4. The molecule has 0 N–H and O–H groups in total. The average molecular weight is 438 g/mol. The van der Waals surface area contributed by atoms with E-state index in [0.717, 1.165) is 32.5 Å². The van der Waals surface area contributed by atoms with Gasteiger partial charge in [0.1, 0.15) is 19.0 Å². The fourth-order valence-corrected chi connectivity index (χ4v) is 3.99. The van der Waals surface area contributed by atoms with Gasteiger partial charge < -0.3 is 24.2 Å². The summed E-state index contributed by atoms with van der Waals surface area (Å²) in [7, 11) is 2.97. The van der Waals surface area contributed by atoms with Crippen molar-refractivity contribution in [3.63, 3.8) is 0 Å². The minimum absolute atomic E-state index is 0.0350. The molecule has 7 nitrogen and oxygen atoms in total. The average Bonchev–Trinajstić information content (AvgIpc) is 2.70. The zero-order chi connectivity index (χ0) is 22.8. The van der Waals surface area contributed by atoms with Crippen LogP contribution < -0.4 is 4.90 Å². The first-order valence-electron chi connectivity index (χ1n) is 10.9. The van der Waals surface area contributed by atoms with Gasteiger partial charge in [-0.3, -0.25) is 9.59 Å². The van der Waals surface area contributed by atoms with Gasteiger partial charge in [-0.05, 0) is 55.6 Å². The van der Waals surface area contributed by atoms with Crippen LogP contribution in [0.25, 0.3) is 0 Å². The van der Waals surface area contributed by atoms with E-state index in [2.05, 4.69) is 18.7 Å². The molecule has 0 aromatic heterocycles. The SMILES string of the molecule is COCC(=O)N1CCCN(CC(C)C)CCCN(C(=O)COC)c2ccc(F)cc2C1. The van der Waals surface area contributed by atoms with E-state index in [1.165, 1.54) is 26.4 Å². The molecule has 0 unspecified atom stereocenters. The lowest BCUT2D eigenvalue weighted by Crippen LogP contribution is -2.41. The highest BCUT2D eigenvalue weighted by Crippen LogP contribution is 2.25. The molecule has 2 rings (SSSR count). The van der Waals surface area contributed by atoms with Gasteiger partial charge in [0.2, 0.25) is 5.91 Å². The van der Waals surface area contributed by atoms with Gasteiger partial charge in [-0.25, -0.2) is 4.39 Å². The molecule has 174 valence electrons. The van der Waals surface area contributed by atoms with Gasteiger partial charge in [-0.1, -0.05) is 13.8 Å². The molecule has 2 amide bonds. The summed E-state index contributed by atoms with van der Waals surface area (Å²) < 4.78 is 24.2. The van der Waals surface area contributed by atoms with Crippen molar-refractivity contribution >= 4 is 17.5 Å². The van der Waals surface area contributed by atoms with E-state index in [0.29, 0.717) is 30.3 Å². The van der Waals surface area contributed by atoms with Crippen molar-refractivity contribution < 1.29 is 23.5 Å². The van der Waals surface area contributed by atoms with E-state index in [4.69, 9.17) is 9.47 Å². The maximum absolute atomic E-state index is 14.1. The second-order valence-electron chi connectivity index (χ2n) is 8.40. The van der Waals surface area contributed by atoms with Crippen molar-refractivity contribution in [1.29, 1.82) is 0 Å². The number of ether oxygens (including phenoxy) is 2. The Bertz CT molecular complexity index is 729. The molecule has 0 fully saturated rings. The van der Waals surface area contributed by atoms with Crippen LogP contribution in [0.5, 0.6) is 0 Å². The van der Waals surface area contributed by atoms with Crippen LogP contribution in [0.15, 0.2) is 18.2 Å². The zero-order valence-electron chi connectivity index (χ0n) is 19.2. The number of hydrogen-bond acceptors (Lipinski definition) is 5. The van der Waals surface area contributed by atoms with E-state index >= 15 is 0 Å². The number of amides is 2. The Balaban J connectivity index is 2.40. The Morgan fingerprint density at radius 3 is 2.29 bits per heavy atom. The van der Waals surface area contributed by atoms with Crippen molar-refractivity contribution in [2.45, 2.75) is 33.2 Å². The van der Waals surface area contributed by atoms with Crippen LogP contribution in [0.3, 0.4) is 0 Å². The van der Waals surface area contributed by atoms with E-state index in [9.17, 15) is 14.0 Å². The molecule has 0 saturated heterocycles. The molecule has 1 heterocycles. The molecule has 0 atom stereocenters. The largest absolute Gasteiger partial charge is 0.375 e. The van der Waals surface area contributed by atoms with Gasteiger partial charge in [0.25, 0.3) is 5.91 Å². The third kappa shape index (κ3) is 7.87. The minimum Gasteiger partial charge on any atom is -0.375 e. The lowest BCUT2D eigenvalue weighted by molar-refractivity contribution is -0.135. The maximum Gasteiger partial charge on any atom is 0.252 e. The van der Waals surface area contributed by atoms with Crippen LogP contribution in [-0.2, 0) is 25.6 Å². The second-order valence-corrected chi connectivity index (χ2v) is 8.40. The van der Waals surface area contributed by atoms with Gasteiger partial charge in [0, 0.05) is 46.1 Å². The Kier molecular flexibility index (Phi) is 10.4. The van der Waals surface area contributed by atoms with Crippen molar-refractivity contribution in [1.82, 2.24) is 9.80 Å². The topological polar surface area (TPSA) is 62.3 Å². The van der Waals surface area contributed by atoms with Crippen LogP contribution in [0.1, 0.15) is 32.3 Å². The quantitative estimate of drug-likeness (QED) is 0.685. The highest BCUT2D eigenvalue weighted by Gasteiger charge is 2.23. The molecule has 1 aromatic carbocycles. The normalized spacial score (nSPS) is 16.6. The predicted octanol–water partition coefficient (Wildman–Crippen LogP) is 2.53. The third-order valence-electron chi connectivity index (χ3n) is 5.26. The second kappa shape index (κ2) is 12.7. The monoisotopic (exact) mass is 437 g/mol. The number of benzene rings is 1. The maximum atomic E-state index is 14.1. The lowest BCUT2D eigenvalue weighted by atomic mass is 10.1. The first-order valence-corrected chi connectivity index (χ1v) is 10.9. The predicted molar refractivity (Wildman–Crippen MR) is 118 cm³/mol. The Labute approximate surface area is 185 Å². The number of fused-ring (bicyclic) bond motifs is 1. The molecule has 0 radical (unpaired) electrons. The van der Waals surface area contributed by atoms with Crippen LogP contribution in [-0.4, -0.2) is 81.8 Å². The number of nitrogens with zero attached hydrogens (tertiary/aromatic N) is 3. The first kappa shape index (κ1) is 25.2. The summed E-state index contributed by atoms with van der Waals surface area (Å²) in [5, 5.41) is 0. The van der Waals surface area contributed by atoms with E-state index in [1.54, 1.807) is 15.9 Å². The Morgan fingerprint density at radius 1 is 1.00 bits per heavy atom. The van der Waals surface area contributed by atoms with Crippen LogP contribution in [0.2, 0.25) is 0 Å². The first-order chi connectivity index (χ1) is 14.8. The fraction of sp³-hybridized carbons (Fsp3) is 0.652. The van der Waals surface area contributed by atoms with E-state index < -0.39 is 5.82 Å². The number of rotatable bonds is 6. The number of carbonyl (C=O) groups is 2. The van der Waals surface area contributed by atoms with Crippen LogP contribution in [0.4, 0.5) is 10.1 Å². The van der Waals surface area contributed by atoms with Crippen molar-refractivity contribution in [3.8, 4) is 0 Å². The molecule has 1 aliphatic rings. The summed E-state index contributed by atoms with van der Waals surface area (Å²) in [5.74, 6) is -0.209. The Morgan fingerprint density at radius 2 is 1.65 bits per heavy atom. The zero-order valence-corrected chi connectivity index (χ0v) is 19.2. The summed E-state index contributed by atoms with van der Waals surface area (Å²) >= 11 is 0. The standard InChI is InChI=1S/C23H36FN3O4/c1-18(2)14-25-9-5-11-26(22(28)16-30-3)15-19-13-20(24)7-8-21(19)27(12-6-10-25)23(29)17-31-4/h7-8,13,18H,5-6,9-12,14-17H2,1-4H3. The van der Waals surface area contributed by atoms with Crippen molar-refractivity contribution in [3.05, 3.63) is 29.6 Å². The molecule has 31 heavy (non-hydrogen) atoms. The van der Waals surface area contributed by atoms with E-state index in [1.807, 2.05) is 0 Å². The number of anilines is 1. The summed E-state index contributed by atoms with van der Waals surface area (Å²) in [5.41, 5.74) is 1.23. The van der Waals surface area contributed by atoms with Crippen LogP contribution >= 0.6 is 0 Å². The molecule has 0 saturated carbocycles. The summed E-state index contributed by atoms with van der Waals surface area (Å²) in [6.45, 7) is 8.20. The lowest BCUT2D eigenvalue weighted by Gasteiger charge is -2.32. The summed E-state index contributed by atoms with van der Waals surface area (Å²) in [4.78, 5) is 31.2. The molecular weight excluding hydrogens is 401 g/mol.